The Kier molecular flexibility index (Phi) is 2.16. The van der Waals surface area contributed by atoms with E-state index in [0.29, 0.717) is 11.3 Å². The summed E-state index contributed by atoms with van der Waals surface area (Å²) in [6.45, 7) is 3.42. The molecule has 0 aromatic heterocycles. The Morgan fingerprint density at radius 3 is 2.89 bits per heavy atom. The first-order valence-corrected chi connectivity index (χ1v) is 5.51. The SMILES string of the molecule is C=CC(=O)Nc1ccc2c3c(cccc13)C(=O)N2. The van der Waals surface area contributed by atoms with Gasteiger partial charge in [-0.3, -0.25) is 9.59 Å². The van der Waals surface area contributed by atoms with Gasteiger partial charge in [0.15, 0.2) is 0 Å². The van der Waals surface area contributed by atoms with Crippen LogP contribution >= 0.6 is 0 Å². The first-order chi connectivity index (χ1) is 8.70. The lowest BCUT2D eigenvalue weighted by molar-refractivity contribution is -0.111. The van der Waals surface area contributed by atoms with E-state index in [9.17, 15) is 9.59 Å². The Balaban J connectivity index is 2.25. The smallest absolute Gasteiger partial charge is 0.256 e. The lowest BCUT2D eigenvalue weighted by atomic mass is 10.0. The van der Waals surface area contributed by atoms with Crippen molar-refractivity contribution in [1.29, 1.82) is 0 Å². The van der Waals surface area contributed by atoms with Gasteiger partial charge in [-0.2, -0.15) is 0 Å². The summed E-state index contributed by atoms with van der Waals surface area (Å²) in [5.41, 5.74) is 2.09. The molecular formula is C14H10N2O2. The highest BCUT2D eigenvalue weighted by Crippen LogP contribution is 2.36. The topological polar surface area (TPSA) is 58.2 Å². The van der Waals surface area contributed by atoms with E-state index in [1.54, 1.807) is 24.3 Å². The van der Waals surface area contributed by atoms with Crippen LogP contribution in [0.15, 0.2) is 43.0 Å². The van der Waals surface area contributed by atoms with E-state index < -0.39 is 0 Å². The van der Waals surface area contributed by atoms with Crippen molar-refractivity contribution in [3.63, 3.8) is 0 Å². The van der Waals surface area contributed by atoms with E-state index in [1.807, 2.05) is 6.07 Å². The number of hydrogen-bond acceptors (Lipinski definition) is 2. The maximum atomic E-state index is 11.7. The zero-order valence-corrected chi connectivity index (χ0v) is 9.49. The molecule has 1 aliphatic heterocycles. The Labute approximate surface area is 103 Å². The van der Waals surface area contributed by atoms with Crippen LogP contribution in [0.3, 0.4) is 0 Å². The molecular weight excluding hydrogens is 228 g/mol. The highest BCUT2D eigenvalue weighted by atomic mass is 16.2. The summed E-state index contributed by atoms with van der Waals surface area (Å²) in [6, 6.07) is 9.01. The zero-order valence-electron chi connectivity index (χ0n) is 9.49. The third kappa shape index (κ3) is 1.39. The first-order valence-electron chi connectivity index (χ1n) is 5.51. The molecule has 0 spiro atoms. The predicted octanol–water partition coefficient (Wildman–Crippen LogP) is 2.53. The van der Waals surface area contributed by atoms with Gasteiger partial charge < -0.3 is 10.6 Å². The van der Waals surface area contributed by atoms with Crippen LogP contribution in [0.2, 0.25) is 0 Å². The minimum Gasteiger partial charge on any atom is -0.322 e. The van der Waals surface area contributed by atoms with E-state index in [1.165, 1.54) is 6.08 Å². The van der Waals surface area contributed by atoms with Gasteiger partial charge in [0.25, 0.3) is 5.91 Å². The first kappa shape index (κ1) is 10.5. The van der Waals surface area contributed by atoms with Gasteiger partial charge in [-0.15, -0.1) is 0 Å². The van der Waals surface area contributed by atoms with Crippen LogP contribution in [0.25, 0.3) is 10.8 Å². The third-order valence-electron chi connectivity index (χ3n) is 2.98. The molecule has 0 saturated heterocycles. The fourth-order valence-corrected chi connectivity index (χ4v) is 2.18. The van der Waals surface area contributed by atoms with Crippen LogP contribution in [0.5, 0.6) is 0 Å². The maximum absolute atomic E-state index is 11.7. The van der Waals surface area contributed by atoms with E-state index in [4.69, 9.17) is 0 Å². The average Bonchev–Trinajstić information content (AvgIpc) is 2.71. The van der Waals surface area contributed by atoms with Crippen molar-refractivity contribution in [3.8, 4) is 0 Å². The fraction of sp³-hybridized carbons (Fsp3) is 0. The Morgan fingerprint density at radius 1 is 1.28 bits per heavy atom. The number of anilines is 2. The Bertz CT molecular complexity index is 704. The molecule has 1 heterocycles. The minimum absolute atomic E-state index is 0.109. The van der Waals surface area contributed by atoms with Crippen molar-refractivity contribution < 1.29 is 9.59 Å². The van der Waals surface area contributed by atoms with Gasteiger partial charge in [0, 0.05) is 27.7 Å². The summed E-state index contributed by atoms with van der Waals surface area (Å²) in [4.78, 5) is 23.1. The van der Waals surface area contributed by atoms with Crippen molar-refractivity contribution in [2.24, 2.45) is 0 Å². The number of rotatable bonds is 2. The summed E-state index contributed by atoms with van der Waals surface area (Å²) in [6.07, 6.45) is 1.21. The minimum atomic E-state index is -0.270. The van der Waals surface area contributed by atoms with Gasteiger partial charge in [-0.1, -0.05) is 18.7 Å². The van der Waals surface area contributed by atoms with E-state index in [0.717, 1.165) is 16.5 Å². The largest absolute Gasteiger partial charge is 0.322 e. The summed E-state index contributed by atoms with van der Waals surface area (Å²) in [5.74, 6) is -0.379. The standard InChI is InChI=1S/C14H10N2O2/c1-2-12(17)15-10-6-7-11-13-8(10)4-3-5-9(13)14(18)16-11/h2-7H,1H2,(H,15,17)(H,16,18). The Hall–Kier alpha value is -2.62. The van der Waals surface area contributed by atoms with Gasteiger partial charge in [0.05, 0.1) is 0 Å². The fourth-order valence-electron chi connectivity index (χ4n) is 2.18. The summed E-state index contributed by atoms with van der Waals surface area (Å²) < 4.78 is 0. The molecule has 2 aromatic carbocycles. The second kappa shape index (κ2) is 3.70. The molecule has 1 aliphatic rings. The summed E-state index contributed by atoms with van der Waals surface area (Å²) >= 11 is 0. The van der Waals surface area contributed by atoms with Crippen molar-refractivity contribution in [2.45, 2.75) is 0 Å². The van der Waals surface area contributed by atoms with E-state index in [-0.39, 0.29) is 11.8 Å². The van der Waals surface area contributed by atoms with Crippen LogP contribution in [-0.4, -0.2) is 11.8 Å². The summed E-state index contributed by atoms with van der Waals surface area (Å²) in [5, 5.41) is 7.23. The van der Waals surface area contributed by atoms with Crippen molar-refractivity contribution in [1.82, 2.24) is 0 Å². The average molecular weight is 238 g/mol. The lowest BCUT2D eigenvalue weighted by Gasteiger charge is -2.07. The summed E-state index contributed by atoms with van der Waals surface area (Å²) in [7, 11) is 0. The predicted molar refractivity (Wildman–Crippen MR) is 70.7 cm³/mol. The molecule has 0 saturated carbocycles. The molecule has 88 valence electrons. The molecule has 18 heavy (non-hydrogen) atoms. The molecule has 3 rings (SSSR count). The van der Waals surface area contributed by atoms with Crippen molar-refractivity contribution in [3.05, 3.63) is 48.6 Å². The second-order valence-corrected chi connectivity index (χ2v) is 4.04. The van der Waals surface area contributed by atoms with Crippen LogP contribution in [0.4, 0.5) is 11.4 Å². The molecule has 2 N–H and O–H groups in total. The molecule has 0 aliphatic carbocycles. The third-order valence-corrected chi connectivity index (χ3v) is 2.98. The van der Waals surface area contributed by atoms with Gasteiger partial charge in [0.1, 0.15) is 0 Å². The number of carbonyl (C=O) groups is 2. The van der Waals surface area contributed by atoms with Crippen LogP contribution in [-0.2, 0) is 4.79 Å². The quantitative estimate of drug-likeness (QED) is 0.790. The van der Waals surface area contributed by atoms with E-state index in [2.05, 4.69) is 17.2 Å². The second-order valence-electron chi connectivity index (χ2n) is 4.04. The Morgan fingerprint density at radius 2 is 2.11 bits per heavy atom. The zero-order chi connectivity index (χ0) is 12.7. The molecule has 2 amide bonds. The molecule has 0 fully saturated rings. The van der Waals surface area contributed by atoms with Crippen molar-refractivity contribution >= 4 is 34.0 Å². The monoisotopic (exact) mass is 238 g/mol. The maximum Gasteiger partial charge on any atom is 0.256 e. The van der Waals surface area contributed by atoms with Crippen molar-refractivity contribution in [2.75, 3.05) is 10.6 Å². The number of nitrogens with one attached hydrogen (secondary N) is 2. The van der Waals surface area contributed by atoms with Gasteiger partial charge in [-0.05, 0) is 24.3 Å². The van der Waals surface area contributed by atoms with Crippen LogP contribution in [0, 0.1) is 0 Å². The van der Waals surface area contributed by atoms with Gasteiger partial charge >= 0.3 is 0 Å². The normalized spacial score (nSPS) is 12.3. The molecule has 4 heteroatoms. The molecule has 4 nitrogen and oxygen atoms in total. The highest BCUT2D eigenvalue weighted by Gasteiger charge is 2.22. The van der Waals surface area contributed by atoms with Crippen LogP contribution < -0.4 is 10.6 Å². The molecule has 0 atom stereocenters. The highest BCUT2D eigenvalue weighted by molar-refractivity contribution is 6.26. The molecule has 0 radical (unpaired) electrons. The lowest BCUT2D eigenvalue weighted by Crippen LogP contribution is -2.07. The van der Waals surface area contributed by atoms with Gasteiger partial charge in [0.2, 0.25) is 5.91 Å². The molecule has 2 aromatic rings. The van der Waals surface area contributed by atoms with Gasteiger partial charge in [-0.25, -0.2) is 0 Å². The van der Waals surface area contributed by atoms with E-state index >= 15 is 0 Å². The number of amides is 2. The number of carbonyl (C=O) groups excluding carboxylic acids is 2. The number of hydrogen-bond donors (Lipinski definition) is 2. The van der Waals surface area contributed by atoms with Crippen LogP contribution in [0.1, 0.15) is 10.4 Å². The molecule has 0 unspecified atom stereocenters. The molecule has 0 bridgehead atoms. The number of benzene rings is 2.